The Morgan fingerprint density at radius 3 is 1.50 bits per heavy atom. The van der Waals surface area contributed by atoms with Gasteiger partial charge in [-0.05, 0) is 7.05 Å². The van der Waals surface area contributed by atoms with E-state index in [9.17, 15) is 0 Å². The summed E-state index contributed by atoms with van der Waals surface area (Å²) in [4.78, 5) is 2.25. The molecular formula is C4H10NU+. The Morgan fingerprint density at radius 2 is 1.50 bits per heavy atom. The Balaban J connectivity index is 0. The summed E-state index contributed by atoms with van der Waals surface area (Å²) in [6, 6.07) is 0. The van der Waals surface area contributed by atoms with Crippen LogP contribution in [0.1, 0.15) is 0 Å². The van der Waals surface area contributed by atoms with E-state index in [1.165, 1.54) is 13.1 Å². The molecule has 0 aliphatic carbocycles. The van der Waals surface area contributed by atoms with E-state index in [1.54, 1.807) is 0 Å². The summed E-state index contributed by atoms with van der Waals surface area (Å²) in [6.07, 6.45) is 0. The zero-order chi connectivity index (χ0) is 2.99. The first-order chi connectivity index (χ1) is 1.89. The molecule has 0 atom stereocenters. The summed E-state index contributed by atoms with van der Waals surface area (Å²) in [7, 11) is 2.11. The van der Waals surface area contributed by atoms with E-state index in [-0.39, 0.29) is 38.5 Å². The quantitative estimate of drug-likeness (QED) is 0.462. The summed E-state index contributed by atoms with van der Waals surface area (Å²) in [5.74, 6) is 0. The molecule has 1 saturated heterocycles. The smallest absolute Gasteiger partial charge is 0.358 e. The largest absolute Gasteiger partial charge is 2.00 e. The maximum atomic E-state index is 2.25. The Labute approximate surface area is 63.5 Å². The third-order valence-corrected chi connectivity index (χ3v) is 0.671. The summed E-state index contributed by atoms with van der Waals surface area (Å²) >= 11 is 0. The fourth-order valence-electron chi connectivity index (χ4n) is 0.1000. The molecule has 0 spiro atoms. The Kier molecular flexibility index (Phi) is 7.03. The van der Waals surface area contributed by atoms with Crippen LogP contribution in [0.15, 0.2) is 0 Å². The summed E-state index contributed by atoms with van der Waals surface area (Å²) in [5, 5.41) is 0. The van der Waals surface area contributed by atoms with Gasteiger partial charge in [-0.15, -0.1) is 0 Å². The Hall–Kier alpha value is 1.01. The molecule has 0 radical (unpaired) electrons. The molecule has 1 nitrogen and oxygen atoms in total. The van der Waals surface area contributed by atoms with Crippen LogP contribution in [0.3, 0.4) is 0 Å². The molecule has 0 aromatic carbocycles. The SMILES string of the molecule is CN1CC1.[CH3-].[U+2]. The molecule has 1 heterocycles. The normalized spacial score (nSPS) is 17.5. The summed E-state index contributed by atoms with van der Waals surface area (Å²) in [5.41, 5.74) is 0. The van der Waals surface area contributed by atoms with Crippen molar-refractivity contribution in [3.8, 4) is 0 Å². The average molecular weight is 310 g/mol. The third kappa shape index (κ3) is 5.01. The van der Waals surface area contributed by atoms with Crippen LogP contribution < -0.4 is 0 Å². The minimum atomic E-state index is 0. The number of hydrogen-bond acceptors (Lipinski definition) is 1. The van der Waals surface area contributed by atoms with Crippen molar-refractivity contribution in [1.29, 1.82) is 0 Å². The van der Waals surface area contributed by atoms with Crippen molar-refractivity contribution in [3.63, 3.8) is 0 Å². The molecule has 1 aliphatic rings. The third-order valence-electron chi connectivity index (χ3n) is 0.671. The molecule has 34 valence electrons. The molecule has 0 aromatic rings. The van der Waals surface area contributed by atoms with Crippen molar-refractivity contribution in [2.45, 2.75) is 0 Å². The van der Waals surface area contributed by atoms with Gasteiger partial charge in [0.25, 0.3) is 0 Å². The second kappa shape index (κ2) is 4.18. The van der Waals surface area contributed by atoms with E-state index in [0.717, 1.165) is 0 Å². The van der Waals surface area contributed by atoms with Crippen molar-refractivity contribution < 1.29 is 31.1 Å². The van der Waals surface area contributed by atoms with Gasteiger partial charge in [0.05, 0.1) is 0 Å². The monoisotopic (exact) mass is 310 g/mol. The first kappa shape index (κ1) is 10.1. The van der Waals surface area contributed by atoms with E-state index < -0.39 is 0 Å². The number of rotatable bonds is 0. The van der Waals surface area contributed by atoms with Gasteiger partial charge in [-0.2, -0.15) is 0 Å². The molecule has 0 bridgehead atoms. The Bertz CT molecular complexity index is 26.7. The van der Waals surface area contributed by atoms with E-state index in [0.29, 0.717) is 0 Å². The second-order valence-electron chi connectivity index (χ2n) is 1.30. The molecule has 6 heavy (non-hydrogen) atoms. The van der Waals surface area contributed by atoms with Gasteiger partial charge in [0.1, 0.15) is 0 Å². The molecular weight excluding hydrogens is 300 g/mol. The molecule has 0 saturated carbocycles. The maximum absolute atomic E-state index is 2.25. The zero-order valence-corrected chi connectivity index (χ0v) is 8.53. The summed E-state index contributed by atoms with van der Waals surface area (Å²) in [6.45, 7) is 2.64. The van der Waals surface area contributed by atoms with E-state index in [4.69, 9.17) is 0 Å². The fourth-order valence-corrected chi connectivity index (χ4v) is 0.1000. The van der Waals surface area contributed by atoms with Gasteiger partial charge >= 0.3 is 31.1 Å². The molecule has 0 aromatic heterocycles. The van der Waals surface area contributed by atoms with Crippen LogP contribution in [0, 0.1) is 38.5 Å². The van der Waals surface area contributed by atoms with Crippen LogP contribution in [0.2, 0.25) is 0 Å². The average Bonchev–Trinajstić information content (AvgIpc) is 1.75. The van der Waals surface area contributed by atoms with Crippen LogP contribution >= 0.6 is 0 Å². The van der Waals surface area contributed by atoms with Gasteiger partial charge in [-0.3, -0.25) is 0 Å². The van der Waals surface area contributed by atoms with Crippen molar-refractivity contribution in [1.82, 2.24) is 4.90 Å². The topological polar surface area (TPSA) is 3.01 Å². The van der Waals surface area contributed by atoms with Crippen molar-refractivity contribution >= 4 is 0 Å². The van der Waals surface area contributed by atoms with Gasteiger partial charge in [-0.25, -0.2) is 0 Å². The van der Waals surface area contributed by atoms with Crippen molar-refractivity contribution in [2.75, 3.05) is 20.1 Å². The van der Waals surface area contributed by atoms with Crippen LogP contribution in [0.25, 0.3) is 0 Å². The number of likely N-dealkylation sites (N-methyl/N-ethyl adjacent to an activating group) is 1. The zero-order valence-electron chi connectivity index (χ0n) is 4.36. The first-order valence-corrected chi connectivity index (χ1v) is 1.58. The van der Waals surface area contributed by atoms with Crippen molar-refractivity contribution in [2.24, 2.45) is 0 Å². The Morgan fingerprint density at radius 1 is 1.33 bits per heavy atom. The van der Waals surface area contributed by atoms with Gasteiger partial charge in [0, 0.05) is 13.1 Å². The van der Waals surface area contributed by atoms with E-state index in [1.807, 2.05) is 0 Å². The summed E-state index contributed by atoms with van der Waals surface area (Å²) < 4.78 is 0. The van der Waals surface area contributed by atoms with Gasteiger partial charge in [0.15, 0.2) is 0 Å². The van der Waals surface area contributed by atoms with Gasteiger partial charge in [-0.1, -0.05) is 0 Å². The number of nitrogens with zero attached hydrogens (tertiary/aromatic N) is 1. The standard InChI is InChI=1S/C3H7N.CH3.U/c1-4-2-3-4;;/h2-3H2,1H3;1H3;/q;-1;+2. The molecule has 0 amide bonds. The van der Waals surface area contributed by atoms with E-state index >= 15 is 0 Å². The first-order valence-electron chi connectivity index (χ1n) is 1.58. The van der Waals surface area contributed by atoms with Crippen LogP contribution in [0.4, 0.5) is 0 Å². The predicted molar refractivity (Wildman–Crippen MR) is 23.9 cm³/mol. The molecule has 1 fully saturated rings. The molecule has 0 N–H and O–H groups in total. The van der Waals surface area contributed by atoms with Gasteiger partial charge in [0.2, 0.25) is 0 Å². The van der Waals surface area contributed by atoms with Crippen LogP contribution in [-0.4, -0.2) is 25.0 Å². The molecule has 1 aliphatic heterocycles. The minimum Gasteiger partial charge on any atom is -0.358 e. The van der Waals surface area contributed by atoms with E-state index in [2.05, 4.69) is 11.9 Å². The molecule has 2 heteroatoms. The van der Waals surface area contributed by atoms with Crippen LogP contribution in [-0.2, 0) is 0 Å². The van der Waals surface area contributed by atoms with Crippen LogP contribution in [0.5, 0.6) is 0 Å². The van der Waals surface area contributed by atoms with Gasteiger partial charge < -0.3 is 12.3 Å². The second-order valence-corrected chi connectivity index (χ2v) is 1.30. The molecule has 0 unspecified atom stereocenters. The van der Waals surface area contributed by atoms with Crippen molar-refractivity contribution in [3.05, 3.63) is 7.43 Å². The fraction of sp³-hybridized carbons (Fsp3) is 0.750. The maximum Gasteiger partial charge on any atom is 2.00 e. The predicted octanol–water partition coefficient (Wildman–Crippen LogP) is 0.382. The molecule has 1 rings (SSSR count). The number of hydrogen-bond donors (Lipinski definition) is 0. The minimum absolute atomic E-state index is 0.